The molecule has 1 atom stereocenters. The molecule has 0 heterocycles. The summed E-state index contributed by atoms with van der Waals surface area (Å²) in [6, 6.07) is 1.05. The maximum atomic E-state index is 6.34. The van der Waals surface area contributed by atoms with Gasteiger partial charge in [0.2, 0.25) is 0 Å². The summed E-state index contributed by atoms with van der Waals surface area (Å²) in [5, 5.41) is 0. The van der Waals surface area contributed by atoms with Crippen molar-refractivity contribution in [1.82, 2.24) is 0 Å². The first-order chi connectivity index (χ1) is 11.2. The van der Waals surface area contributed by atoms with Gasteiger partial charge < -0.3 is 23.1 Å². The van der Waals surface area contributed by atoms with Gasteiger partial charge in [0.25, 0.3) is 0 Å². The second kappa shape index (κ2) is 9.77. The molecule has 1 aliphatic rings. The fraction of sp³-hybridized carbons (Fsp3) is 1.00. The lowest BCUT2D eigenvalue weighted by Crippen LogP contribution is -2.60. The highest BCUT2D eigenvalue weighted by molar-refractivity contribution is 7.14. The Kier molecular flexibility index (Phi) is 9.05. The molecule has 24 heavy (non-hydrogen) atoms. The Morgan fingerprint density at radius 1 is 0.958 bits per heavy atom. The number of methoxy groups -OCH3 is 3. The fourth-order valence-corrected chi connectivity index (χ4v) is 11.2. The van der Waals surface area contributed by atoms with Gasteiger partial charge >= 0.3 is 14.5 Å². The summed E-state index contributed by atoms with van der Waals surface area (Å²) in [4.78, 5) is 0. The van der Waals surface area contributed by atoms with Crippen molar-refractivity contribution in [2.24, 2.45) is 11.3 Å². The summed E-state index contributed by atoms with van der Waals surface area (Å²) in [5.41, 5.74) is 0.207. The molecular formula is C16H36O6Si2. The van der Waals surface area contributed by atoms with E-state index in [4.69, 9.17) is 27.5 Å². The molecule has 144 valence electrons. The summed E-state index contributed by atoms with van der Waals surface area (Å²) in [7, 11) is 2.46. The molecule has 0 aromatic rings. The smallest absolute Gasteiger partial charge is 0.380 e. The highest BCUT2D eigenvalue weighted by Gasteiger charge is 2.50. The summed E-state index contributed by atoms with van der Waals surface area (Å²) in [6.07, 6.45) is 3.45. The quantitative estimate of drug-likeness (QED) is 0.405. The van der Waals surface area contributed by atoms with E-state index in [-0.39, 0.29) is 5.41 Å². The van der Waals surface area contributed by atoms with Crippen LogP contribution in [0.5, 0.6) is 0 Å². The van der Waals surface area contributed by atoms with Crippen molar-refractivity contribution in [3.63, 3.8) is 0 Å². The van der Waals surface area contributed by atoms with E-state index >= 15 is 0 Å². The molecule has 0 amide bonds. The average molecular weight is 381 g/mol. The van der Waals surface area contributed by atoms with Crippen molar-refractivity contribution in [1.29, 1.82) is 0 Å². The molecule has 1 rings (SSSR count). The van der Waals surface area contributed by atoms with E-state index in [9.17, 15) is 0 Å². The van der Waals surface area contributed by atoms with Gasteiger partial charge in [-0.15, -0.1) is 0 Å². The van der Waals surface area contributed by atoms with Crippen molar-refractivity contribution in [2.75, 3.05) is 35.0 Å². The minimum Gasteiger partial charge on any atom is -0.380 e. The van der Waals surface area contributed by atoms with Crippen molar-refractivity contribution < 1.29 is 27.5 Å². The maximum Gasteiger partial charge on any atom is 0.467 e. The van der Waals surface area contributed by atoms with Crippen LogP contribution in [0.4, 0.5) is 0 Å². The number of hydrogen-bond acceptors (Lipinski definition) is 6. The van der Waals surface area contributed by atoms with Gasteiger partial charge in [0.1, 0.15) is 9.04 Å². The first kappa shape index (κ1) is 22.2. The third-order valence-corrected chi connectivity index (χ3v) is 13.2. The van der Waals surface area contributed by atoms with Crippen molar-refractivity contribution in [3.05, 3.63) is 0 Å². The molecule has 6 nitrogen and oxygen atoms in total. The normalized spacial score (nSPS) is 20.1. The van der Waals surface area contributed by atoms with Crippen molar-refractivity contribution >= 4 is 17.4 Å². The fourth-order valence-electron chi connectivity index (χ4n) is 2.87. The van der Waals surface area contributed by atoms with Gasteiger partial charge in [-0.05, 0) is 24.2 Å². The van der Waals surface area contributed by atoms with Crippen LogP contribution in [0.1, 0.15) is 46.5 Å². The summed E-state index contributed by atoms with van der Waals surface area (Å²) >= 11 is 0. The largest absolute Gasteiger partial charge is 0.467 e. The molecule has 0 N–H and O–H groups in total. The van der Waals surface area contributed by atoms with Crippen LogP contribution in [0, 0.1) is 11.3 Å². The lowest BCUT2D eigenvalue weighted by atomic mass is 10.0. The van der Waals surface area contributed by atoms with Gasteiger partial charge in [0, 0.05) is 35.0 Å². The van der Waals surface area contributed by atoms with E-state index in [0.29, 0.717) is 12.5 Å². The van der Waals surface area contributed by atoms with Crippen LogP contribution in [0.25, 0.3) is 0 Å². The van der Waals surface area contributed by atoms with Crippen molar-refractivity contribution in [3.8, 4) is 0 Å². The molecular weight excluding hydrogens is 344 g/mol. The maximum absolute atomic E-state index is 6.34. The van der Waals surface area contributed by atoms with E-state index in [2.05, 4.69) is 20.8 Å². The van der Waals surface area contributed by atoms with E-state index in [0.717, 1.165) is 6.04 Å². The number of ether oxygens (including phenoxy) is 3. The Labute approximate surface area is 150 Å². The Morgan fingerprint density at radius 2 is 1.50 bits per heavy atom. The predicted octanol–water partition coefficient (Wildman–Crippen LogP) is 2.48. The molecule has 0 spiro atoms. The zero-order valence-corrected chi connectivity index (χ0v) is 18.9. The lowest BCUT2D eigenvalue weighted by molar-refractivity contribution is -0.458. The topological polar surface area (TPSA) is 55.4 Å². The van der Waals surface area contributed by atoms with Crippen LogP contribution in [0.2, 0.25) is 6.04 Å². The van der Waals surface area contributed by atoms with Gasteiger partial charge in [0.15, 0.2) is 0 Å². The lowest BCUT2D eigenvalue weighted by Gasteiger charge is -2.38. The molecule has 0 bridgehead atoms. The molecule has 1 aliphatic carbocycles. The monoisotopic (exact) mass is 380 g/mol. The zero-order valence-electron chi connectivity index (χ0n) is 16.5. The van der Waals surface area contributed by atoms with Crippen LogP contribution >= 0.6 is 0 Å². The van der Waals surface area contributed by atoms with Crippen LogP contribution in [0.15, 0.2) is 0 Å². The predicted molar refractivity (Wildman–Crippen MR) is 98.3 cm³/mol. The molecule has 0 aromatic heterocycles. The minimum atomic E-state index is -2.88. The first-order valence-electron chi connectivity index (χ1n) is 8.78. The van der Waals surface area contributed by atoms with Crippen LogP contribution in [-0.2, 0) is 27.5 Å². The SMILES string of the molecule is COC(OC)(OC)O[Si](OC)(OCC1CCCC1)[SiH2]CC(C)(C)C. The summed E-state index contributed by atoms with van der Waals surface area (Å²) in [5.74, 6) is 0.598. The number of hydrogen-bond donors (Lipinski definition) is 0. The number of rotatable bonds is 11. The Balaban J connectivity index is 2.88. The molecule has 1 fully saturated rings. The second-order valence-electron chi connectivity index (χ2n) is 7.62. The third-order valence-electron chi connectivity index (χ3n) is 4.54. The zero-order chi connectivity index (χ0) is 18.3. The van der Waals surface area contributed by atoms with Crippen molar-refractivity contribution in [2.45, 2.75) is 58.7 Å². The third kappa shape index (κ3) is 6.83. The first-order valence-corrected chi connectivity index (χ1v) is 13.8. The highest BCUT2D eigenvalue weighted by Crippen LogP contribution is 2.30. The van der Waals surface area contributed by atoms with E-state index in [1.807, 2.05) is 0 Å². The average Bonchev–Trinajstić information content (AvgIpc) is 3.08. The molecule has 1 saturated carbocycles. The van der Waals surface area contributed by atoms with Gasteiger partial charge in [-0.25, -0.2) is 0 Å². The van der Waals surface area contributed by atoms with E-state index in [1.165, 1.54) is 47.0 Å². The molecule has 0 radical (unpaired) electrons. The standard InChI is InChI=1S/C16H36O6Si2/c1-15(2,3)13-23-24(20-7,21-12-14-10-8-9-11-14)22-16(17-4,18-5)19-6/h14H,8-13,23H2,1-7H3. The summed E-state index contributed by atoms with van der Waals surface area (Å²) < 4.78 is 34.4. The van der Waals surface area contributed by atoms with Crippen LogP contribution in [0.3, 0.4) is 0 Å². The molecule has 0 aliphatic heterocycles. The Bertz CT molecular complexity index is 345. The van der Waals surface area contributed by atoms with Gasteiger partial charge in [-0.2, -0.15) is 0 Å². The van der Waals surface area contributed by atoms with Crippen LogP contribution in [-0.4, -0.2) is 58.6 Å². The highest BCUT2D eigenvalue weighted by atomic mass is 29.2. The Hall–Kier alpha value is 0.194. The minimum absolute atomic E-state index is 0.207. The molecule has 8 heteroatoms. The van der Waals surface area contributed by atoms with Gasteiger partial charge in [-0.1, -0.05) is 39.7 Å². The second-order valence-corrected chi connectivity index (χ2v) is 15.0. The van der Waals surface area contributed by atoms with Gasteiger partial charge in [-0.3, -0.25) is 4.43 Å². The molecule has 0 aromatic carbocycles. The van der Waals surface area contributed by atoms with Gasteiger partial charge in [0.05, 0.1) is 0 Å². The van der Waals surface area contributed by atoms with E-state index in [1.54, 1.807) is 7.11 Å². The molecule has 1 unspecified atom stereocenters. The van der Waals surface area contributed by atoms with Crippen LogP contribution < -0.4 is 0 Å². The molecule has 0 saturated heterocycles. The van der Waals surface area contributed by atoms with E-state index < -0.39 is 23.5 Å². The Morgan fingerprint density at radius 3 is 1.92 bits per heavy atom. The summed E-state index contributed by atoms with van der Waals surface area (Å²) in [6.45, 7) is 7.36.